The van der Waals surface area contributed by atoms with Crippen LogP contribution >= 0.6 is 11.3 Å². The molecular formula is C10H16N4O2S. The Balaban J connectivity index is 2.86. The third-order valence-electron chi connectivity index (χ3n) is 2.62. The first kappa shape index (κ1) is 13.4. The number of carbonyl (C=O) groups is 1. The molecule has 1 amide bonds. The van der Waals surface area contributed by atoms with Crippen molar-refractivity contribution >= 4 is 23.1 Å². The number of thiazole rings is 1. The molecule has 0 aliphatic rings. The molecule has 0 aliphatic carbocycles. The number of rotatable bonds is 4. The molecule has 1 aromatic rings. The molecule has 17 heavy (non-hydrogen) atoms. The van der Waals surface area contributed by atoms with E-state index in [9.17, 15) is 4.79 Å². The van der Waals surface area contributed by atoms with Gasteiger partial charge in [-0.2, -0.15) is 0 Å². The summed E-state index contributed by atoms with van der Waals surface area (Å²) in [5.41, 5.74) is 5.03. The van der Waals surface area contributed by atoms with Crippen LogP contribution in [0.15, 0.2) is 10.5 Å². The lowest BCUT2D eigenvalue weighted by atomic mass is 9.97. The van der Waals surface area contributed by atoms with Crippen LogP contribution in [0.4, 0.5) is 0 Å². The van der Waals surface area contributed by atoms with Crippen LogP contribution in [-0.4, -0.2) is 27.5 Å². The Hall–Kier alpha value is -1.63. The smallest absolute Gasteiger partial charge is 0.271 e. The van der Waals surface area contributed by atoms with Crippen molar-refractivity contribution in [1.82, 2.24) is 10.3 Å². The van der Waals surface area contributed by atoms with E-state index in [1.807, 2.05) is 13.8 Å². The van der Waals surface area contributed by atoms with Gasteiger partial charge in [0.05, 0.1) is 10.5 Å². The minimum atomic E-state index is -0.872. The number of amides is 1. The number of hydrogen-bond acceptors (Lipinski definition) is 5. The zero-order valence-electron chi connectivity index (χ0n) is 10.0. The summed E-state index contributed by atoms with van der Waals surface area (Å²) >= 11 is 1.40. The third-order valence-corrected chi connectivity index (χ3v) is 3.39. The van der Waals surface area contributed by atoms with Gasteiger partial charge in [-0.05, 0) is 20.3 Å². The van der Waals surface area contributed by atoms with Gasteiger partial charge < -0.3 is 16.3 Å². The van der Waals surface area contributed by atoms with Gasteiger partial charge >= 0.3 is 0 Å². The lowest BCUT2D eigenvalue weighted by Crippen LogP contribution is -2.55. The van der Waals surface area contributed by atoms with E-state index in [1.54, 1.807) is 12.3 Å². The van der Waals surface area contributed by atoms with Gasteiger partial charge in [0, 0.05) is 5.38 Å². The Morgan fingerprint density at radius 1 is 1.76 bits per heavy atom. The molecule has 0 radical (unpaired) electrons. The highest BCUT2D eigenvalue weighted by atomic mass is 32.1. The fourth-order valence-electron chi connectivity index (χ4n) is 1.23. The number of nitrogens with one attached hydrogen (secondary N) is 1. The first-order valence-electron chi connectivity index (χ1n) is 5.15. The van der Waals surface area contributed by atoms with Crippen LogP contribution in [0.2, 0.25) is 0 Å². The van der Waals surface area contributed by atoms with E-state index in [4.69, 9.17) is 10.9 Å². The van der Waals surface area contributed by atoms with Gasteiger partial charge in [0.25, 0.3) is 5.91 Å². The highest BCUT2D eigenvalue weighted by molar-refractivity contribution is 7.09. The van der Waals surface area contributed by atoms with Crippen molar-refractivity contribution in [3.8, 4) is 0 Å². The lowest BCUT2D eigenvalue weighted by Gasteiger charge is -2.27. The van der Waals surface area contributed by atoms with Crippen molar-refractivity contribution in [3.63, 3.8) is 0 Å². The molecule has 0 saturated carbocycles. The fourth-order valence-corrected chi connectivity index (χ4v) is 1.82. The van der Waals surface area contributed by atoms with Gasteiger partial charge in [0.2, 0.25) is 0 Å². The molecule has 0 aliphatic heterocycles. The second-order valence-corrected chi connectivity index (χ2v) is 4.94. The van der Waals surface area contributed by atoms with Crippen molar-refractivity contribution < 1.29 is 10.0 Å². The maximum atomic E-state index is 11.9. The summed E-state index contributed by atoms with van der Waals surface area (Å²) in [4.78, 5) is 16.0. The predicted molar refractivity (Wildman–Crippen MR) is 66.4 cm³/mol. The van der Waals surface area contributed by atoms with E-state index in [0.717, 1.165) is 5.01 Å². The van der Waals surface area contributed by atoms with Gasteiger partial charge in [0.15, 0.2) is 5.84 Å². The summed E-state index contributed by atoms with van der Waals surface area (Å²) in [6, 6.07) is 0. The molecule has 1 heterocycles. The summed E-state index contributed by atoms with van der Waals surface area (Å²) in [7, 11) is 0. The molecular weight excluding hydrogens is 240 g/mol. The highest BCUT2D eigenvalue weighted by Crippen LogP contribution is 2.13. The number of nitrogens with zero attached hydrogens (tertiary/aromatic N) is 2. The largest absolute Gasteiger partial charge is 0.409 e. The average Bonchev–Trinajstić information content (AvgIpc) is 2.74. The van der Waals surface area contributed by atoms with E-state index in [0.29, 0.717) is 12.1 Å². The molecule has 1 rings (SSSR count). The average molecular weight is 256 g/mol. The molecule has 0 spiro atoms. The summed E-state index contributed by atoms with van der Waals surface area (Å²) in [6.45, 7) is 5.35. The quantitative estimate of drug-likeness (QED) is 0.325. The van der Waals surface area contributed by atoms with Gasteiger partial charge in [0.1, 0.15) is 5.69 Å². The van der Waals surface area contributed by atoms with Gasteiger partial charge in [-0.25, -0.2) is 4.98 Å². The molecule has 6 nitrogen and oxygen atoms in total. The number of nitrogens with two attached hydrogens (primary N) is 1. The minimum Gasteiger partial charge on any atom is -0.409 e. The van der Waals surface area contributed by atoms with E-state index in [2.05, 4.69) is 15.5 Å². The molecule has 94 valence electrons. The van der Waals surface area contributed by atoms with Crippen molar-refractivity contribution in [3.05, 3.63) is 16.1 Å². The maximum absolute atomic E-state index is 11.9. The van der Waals surface area contributed by atoms with Crippen LogP contribution in [-0.2, 0) is 0 Å². The van der Waals surface area contributed by atoms with Crippen LogP contribution in [0, 0.1) is 6.92 Å². The van der Waals surface area contributed by atoms with Crippen LogP contribution < -0.4 is 11.1 Å². The van der Waals surface area contributed by atoms with Crippen molar-refractivity contribution in [2.24, 2.45) is 10.9 Å². The Bertz CT molecular complexity index is 443. The minimum absolute atomic E-state index is 0.0275. The summed E-state index contributed by atoms with van der Waals surface area (Å²) in [5.74, 6) is -0.356. The molecule has 0 aromatic carbocycles. The van der Waals surface area contributed by atoms with Crippen LogP contribution in [0.1, 0.15) is 35.8 Å². The second kappa shape index (κ2) is 5.13. The molecule has 1 unspecified atom stereocenters. The van der Waals surface area contributed by atoms with E-state index in [-0.39, 0.29) is 11.7 Å². The second-order valence-electron chi connectivity index (χ2n) is 3.88. The number of oxime groups is 1. The van der Waals surface area contributed by atoms with Crippen LogP contribution in [0.25, 0.3) is 0 Å². The van der Waals surface area contributed by atoms with Crippen LogP contribution in [0.3, 0.4) is 0 Å². The zero-order valence-corrected chi connectivity index (χ0v) is 10.8. The summed E-state index contributed by atoms with van der Waals surface area (Å²) in [6.07, 6.45) is 0.512. The van der Waals surface area contributed by atoms with Gasteiger partial charge in [-0.3, -0.25) is 4.79 Å². The standard InChI is InChI=1S/C10H16N4O2S/c1-4-10(3,9(11)14-16)13-8(15)7-5-17-6(2)12-7/h5,16H,4H2,1-3H3,(H2,11,14)(H,13,15). The number of carbonyl (C=O) groups excluding carboxylic acids is 1. The number of aromatic nitrogens is 1. The molecule has 1 aromatic heterocycles. The summed E-state index contributed by atoms with van der Waals surface area (Å²) < 4.78 is 0. The Morgan fingerprint density at radius 2 is 2.41 bits per heavy atom. The van der Waals surface area contributed by atoms with Gasteiger partial charge in [-0.1, -0.05) is 12.1 Å². The lowest BCUT2D eigenvalue weighted by molar-refractivity contribution is 0.0920. The predicted octanol–water partition coefficient (Wildman–Crippen LogP) is 1.10. The number of hydrogen-bond donors (Lipinski definition) is 3. The van der Waals surface area contributed by atoms with E-state index >= 15 is 0 Å². The fraction of sp³-hybridized carbons (Fsp3) is 0.500. The SMILES string of the molecule is CCC(C)(NC(=O)c1csc(C)n1)C(N)=NO. The Labute approximate surface area is 104 Å². The topological polar surface area (TPSA) is 101 Å². The van der Waals surface area contributed by atoms with Crippen molar-refractivity contribution in [2.75, 3.05) is 0 Å². The zero-order chi connectivity index (χ0) is 13.1. The third kappa shape index (κ3) is 2.94. The van der Waals surface area contributed by atoms with Crippen molar-refractivity contribution in [2.45, 2.75) is 32.7 Å². The molecule has 0 bridgehead atoms. The number of amidine groups is 1. The molecule has 0 fully saturated rings. The molecule has 4 N–H and O–H groups in total. The Kier molecular flexibility index (Phi) is 4.06. The van der Waals surface area contributed by atoms with E-state index < -0.39 is 5.54 Å². The molecule has 7 heteroatoms. The molecule has 1 atom stereocenters. The highest BCUT2D eigenvalue weighted by Gasteiger charge is 2.30. The van der Waals surface area contributed by atoms with E-state index in [1.165, 1.54) is 11.3 Å². The van der Waals surface area contributed by atoms with Crippen molar-refractivity contribution in [1.29, 1.82) is 0 Å². The summed E-state index contributed by atoms with van der Waals surface area (Å²) in [5, 5.41) is 16.8. The maximum Gasteiger partial charge on any atom is 0.271 e. The van der Waals surface area contributed by atoms with Crippen LogP contribution in [0.5, 0.6) is 0 Å². The number of aryl methyl sites for hydroxylation is 1. The Morgan fingerprint density at radius 3 is 2.82 bits per heavy atom. The van der Waals surface area contributed by atoms with Gasteiger partial charge in [-0.15, -0.1) is 11.3 Å². The first-order chi connectivity index (χ1) is 7.92. The first-order valence-corrected chi connectivity index (χ1v) is 6.03. The monoisotopic (exact) mass is 256 g/mol. The molecule has 0 saturated heterocycles. The normalized spacial score (nSPS) is 15.4.